The molecule has 0 unspecified atom stereocenters. The number of anilines is 1. The zero-order valence-corrected chi connectivity index (χ0v) is 13.8. The van der Waals surface area contributed by atoms with Gasteiger partial charge in [0.2, 0.25) is 0 Å². The molecule has 0 saturated carbocycles. The highest BCUT2D eigenvalue weighted by Gasteiger charge is 2.37. The van der Waals surface area contributed by atoms with Gasteiger partial charge in [-0.2, -0.15) is 0 Å². The Labute approximate surface area is 140 Å². The third-order valence-corrected chi connectivity index (χ3v) is 3.87. The van der Waals surface area contributed by atoms with Crippen LogP contribution >= 0.6 is 0 Å². The number of halogens is 1. The molecule has 5 nitrogen and oxygen atoms in total. The van der Waals surface area contributed by atoms with E-state index in [2.05, 4.69) is 5.32 Å². The van der Waals surface area contributed by atoms with Crippen molar-refractivity contribution >= 4 is 11.6 Å². The summed E-state index contributed by atoms with van der Waals surface area (Å²) in [6.45, 7) is 1.70. The standard InChI is InChI=1S/C18H20FNO4/c1-18(24-3,14-6-4-5-7-15(14)19)17(22)20-16-9-8-13(21)10-12(16)11-23-2/h4-10,21H,11H2,1-3H3,(H,20,22)/t18-/m1/s1. The maximum atomic E-state index is 14.1. The van der Waals surface area contributed by atoms with Crippen molar-refractivity contribution in [2.24, 2.45) is 0 Å². The molecule has 1 amide bonds. The van der Waals surface area contributed by atoms with E-state index in [1.807, 2.05) is 0 Å². The molecule has 0 radical (unpaired) electrons. The van der Waals surface area contributed by atoms with Crippen molar-refractivity contribution < 1.29 is 23.8 Å². The van der Waals surface area contributed by atoms with Gasteiger partial charge < -0.3 is 19.9 Å². The molecule has 0 saturated heterocycles. The van der Waals surface area contributed by atoms with Crippen molar-refractivity contribution in [1.82, 2.24) is 0 Å². The highest BCUT2D eigenvalue weighted by atomic mass is 19.1. The maximum Gasteiger partial charge on any atom is 0.261 e. The van der Waals surface area contributed by atoms with Crippen LogP contribution in [0, 0.1) is 5.82 Å². The Kier molecular flexibility index (Phi) is 5.54. The summed E-state index contributed by atoms with van der Waals surface area (Å²) in [6.07, 6.45) is 0. The van der Waals surface area contributed by atoms with E-state index in [0.29, 0.717) is 11.3 Å². The van der Waals surface area contributed by atoms with Gasteiger partial charge in [-0.15, -0.1) is 0 Å². The first-order chi connectivity index (χ1) is 11.4. The van der Waals surface area contributed by atoms with Gasteiger partial charge in [-0.25, -0.2) is 4.39 Å². The van der Waals surface area contributed by atoms with Crippen LogP contribution in [-0.4, -0.2) is 25.2 Å². The van der Waals surface area contributed by atoms with Gasteiger partial charge in [0.1, 0.15) is 11.6 Å². The van der Waals surface area contributed by atoms with E-state index in [1.54, 1.807) is 18.2 Å². The second kappa shape index (κ2) is 7.42. The molecule has 2 N–H and O–H groups in total. The molecular formula is C18H20FNO4. The van der Waals surface area contributed by atoms with E-state index in [1.165, 1.54) is 45.4 Å². The Morgan fingerprint density at radius 3 is 2.58 bits per heavy atom. The summed E-state index contributed by atoms with van der Waals surface area (Å²) in [5.41, 5.74) is -0.317. The first-order valence-electron chi connectivity index (χ1n) is 7.34. The van der Waals surface area contributed by atoms with Gasteiger partial charge in [-0.3, -0.25) is 4.79 Å². The number of carbonyl (C=O) groups excluding carboxylic acids is 1. The van der Waals surface area contributed by atoms with Gasteiger partial charge in [0, 0.05) is 31.0 Å². The van der Waals surface area contributed by atoms with Crippen molar-refractivity contribution in [2.45, 2.75) is 19.1 Å². The van der Waals surface area contributed by atoms with E-state index in [9.17, 15) is 14.3 Å². The van der Waals surface area contributed by atoms with Crippen molar-refractivity contribution in [3.05, 3.63) is 59.4 Å². The van der Waals surface area contributed by atoms with Crippen molar-refractivity contribution in [3.8, 4) is 5.75 Å². The van der Waals surface area contributed by atoms with Crippen LogP contribution in [0.1, 0.15) is 18.1 Å². The minimum absolute atomic E-state index is 0.0589. The van der Waals surface area contributed by atoms with Gasteiger partial charge in [0.15, 0.2) is 5.60 Å². The molecule has 0 aromatic heterocycles. The van der Waals surface area contributed by atoms with Crippen LogP contribution in [-0.2, 0) is 26.5 Å². The molecule has 0 aliphatic heterocycles. The van der Waals surface area contributed by atoms with Crippen molar-refractivity contribution in [3.63, 3.8) is 0 Å². The number of hydrogen-bond donors (Lipinski definition) is 2. The number of aromatic hydroxyl groups is 1. The fourth-order valence-electron chi connectivity index (χ4n) is 2.39. The molecule has 0 heterocycles. The smallest absolute Gasteiger partial charge is 0.261 e. The van der Waals surface area contributed by atoms with Crippen molar-refractivity contribution in [1.29, 1.82) is 0 Å². The molecule has 1 atom stereocenters. The molecule has 2 aromatic carbocycles. The van der Waals surface area contributed by atoms with Gasteiger partial charge in [0.25, 0.3) is 5.91 Å². The second-order valence-electron chi connectivity index (χ2n) is 5.45. The molecule has 0 fully saturated rings. The summed E-state index contributed by atoms with van der Waals surface area (Å²) in [6, 6.07) is 10.5. The fraction of sp³-hybridized carbons (Fsp3) is 0.278. The summed E-state index contributed by atoms with van der Waals surface area (Å²) < 4.78 is 24.5. The van der Waals surface area contributed by atoms with Crippen molar-refractivity contribution in [2.75, 3.05) is 19.5 Å². The number of phenolic OH excluding ortho intramolecular Hbond substituents is 1. The van der Waals surface area contributed by atoms with Crippen LogP contribution in [0.4, 0.5) is 10.1 Å². The number of phenols is 1. The lowest BCUT2D eigenvalue weighted by Crippen LogP contribution is -2.40. The Morgan fingerprint density at radius 2 is 1.96 bits per heavy atom. The van der Waals surface area contributed by atoms with E-state index >= 15 is 0 Å². The topological polar surface area (TPSA) is 67.8 Å². The van der Waals surface area contributed by atoms with E-state index in [4.69, 9.17) is 9.47 Å². The lowest BCUT2D eigenvalue weighted by molar-refractivity contribution is -0.137. The van der Waals surface area contributed by atoms with E-state index in [0.717, 1.165) is 0 Å². The summed E-state index contributed by atoms with van der Waals surface area (Å²) >= 11 is 0. The second-order valence-corrected chi connectivity index (χ2v) is 5.45. The molecule has 2 rings (SSSR count). The number of carbonyl (C=O) groups is 1. The third kappa shape index (κ3) is 3.55. The average Bonchev–Trinajstić information content (AvgIpc) is 2.57. The first-order valence-corrected chi connectivity index (χ1v) is 7.34. The third-order valence-electron chi connectivity index (χ3n) is 3.87. The molecule has 0 aliphatic carbocycles. The van der Waals surface area contributed by atoms with Crippen LogP contribution in [0.5, 0.6) is 5.75 Å². The number of benzene rings is 2. The normalized spacial score (nSPS) is 13.3. The summed E-state index contributed by atoms with van der Waals surface area (Å²) in [5.74, 6) is -0.998. The van der Waals surface area contributed by atoms with Crippen LogP contribution < -0.4 is 5.32 Å². The number of methoxy groups -OCH3 is 2. The highest BCUT2D eigenvalue weighted by molar-refractivity contribution is 5.98. The Hall–Kier alpha value is -2.44. The minimum Gasteiger partial charge on any atom is -0.508 e. The van der Waals surface area contributed by atoms with Crippen LogP contribution in [0.2, 0.25) is 0 Å². The van der Waals surface area contributed by atoms with Gasteiger partial charge in [0.05, 0.1) is 6.61 Å². The average molecular weight is 333 g/mol. The predicted molar refractivity (Wildman–Crippen MR) is 88.2 cm³/mol. The van der Waals surface area contributed by atoms with Crippen LogP contribution in [0.25, 0.3) is 0 Å². The van der Waals surface area contributed by atoms with E-state index in [-0.39, 0.29) is 17.9 Å². The highest BCUT2D eigenvalue weighted by Crippen LogP contribution is 2.30. The quantitative estimate of drug-likeness (QED) is 0.797. The Bertz CT molecular complexity index is 735. The maximum absolute atomic E-state index is 14.1. The predicted octanol–water partition coefficient (Wildman–Crippen LogP) is 3.18. The number of hydrogen-bond acceptors (Lipinski definition) is 4. The number of amides is 1. The Balaban J connectivity index is 2.35. The number of ether oxygens (including phenoxy) is 2. The molecule has 6 heteroatoms. The molecule has 0 spiro atoms. The lowest BCUT2D eigenvalue weighted by Gasteiger charge is -2.28. The SMILES string of the molecule is COCc1cc(O)ccc1NC(=O)[C@](C)(OC)c1ccccc1F. The molecule has 0 bridgehead atoms. The molecule has 2 aromatic rings. The number of rotatable bonds is 6. The monoisotopic (exact) mass is 333 g/mol. The lowest BCUT2D eigenvalue weighted by atomic mass is 9.93. The molecule has 24 heavy (non-hydrogen) atoms. The zero-order valence-electron chi connectivity index (χ0n) is 13.8. The summed E-state index contributed by atoms with van der Waals surface area (Å²) in [4.78, 5) is 12.8. The molecule has 128 valence electrons. The molecule has 0 aliphatic rings. The van der Waals surface area contributed by atoms with Crippen LogP contribution in [0.15, 0.2) is 42.5 Å². The first kappa shape index (κ1) is 17.9. The zero-order chi connectivity index (χ0) is 17.7. The largest absolute Gasteiger partial charge is 0.508 e. The van der Waals surface area contributed by atoms with Gasteiger partial charge in [-0.1, -0.05) is 18.2 Å². The minimum atomic E-state index is -1.51. The molecular weight excluding hydrogens is 313 g/mol. The number of nitrogens with one attached hydrogen (secondary N) is 1. The van der Waals surface area contributed by atoms with Crippen LogP contribution in [0.3, 0.4) is 0 Å². The summed E-state index contributed by atoms with van der Waals surface area (Å²) in [5, 5.41) is 12.3. The van der Waals surface area contributed by atoms with E-state index < -0.39 is 17.3 Å². The fourth-order valence-corrected chi connectivity index (χ4v) is 2.39. The summed E-state index contributed by atoms with van der Waals surface area (Å²) in [7, 11) is 2.85. The Morgan fingerprint density at radius 1 is 1.25 bits per heavy atom. The van der Waals surface area contributed by atoms with Gasteiger partial charge >= 0.3 is 0 Å². The van der Waals surface area contributed by atoms with Gasteiger partial charge in [-0.05, 0) is 31.2 Å².